The largest absolute Gasteiger partial charge is 0.406 e. The fourth-order valence-corrected chi connectivity index (χ4v) is 2.63. The van der Waals surface area contributed by atoms with Crippen molar-refractivity contribution in [3.63, 3.8) is 0 Å². The van der Waals surface area contributed by atoms with Gasteiger partial charge in [0.15, 0.2) is 0 Å². The van der Waals surface area contributed by atoms with Crippen molar-refractivity contribution < 1.29 is 21.6 Å². The maximum Gasteiger partial charge on any atom is 0.406 e. The lowest BCUT2D eigenvalue weighted by Crippen LogP contribution is -2.23. The molecule has 0 saturated carbocycles. The molecule has 2 heterocycles. The summed E-state index contributed by atoms with van der Waals surface area (Å²) in [6.07, 6.45) is -3.62. The summed E-state index contributed by atoms with van der Waals surface area (Å²) in [6.45, 7) is -0.837. The third-order valence-corrected chi connectivity index (χ3v) is 3.35. The summed E-state index contributed by atoms with van der Waals surface area (Å²) in [6, 6.07) is 0. The molecule has 0 bridgehead atoms. The Hall–Kier alpha value is -1.09. The first-order valence-electron chi connectivity index (χ1n) is 4.74. The summed E-state index contributed by atoms with van der Waals surface area (Å²) in [7, 11) is -3.76. The molecule has 0 atom stereocenters. The molecule has 0 saturated heterocycles. The number of rotatable bonds is 2. The normalized spacial score (nSPS) is 16.2. The lowest BCUT2D eigenvalue weighted by atomic mass is 10.4. The third-order valence-electron chi connectivity index (χ3n) is 2.37. The molecule has 9 heteroatoms. The number of fused-ring (bicyclic) bond motifs is 1. The Kier molecular flexibility index (Phi) is 2.69. The van der Waals surface area contributed by atoms with E-state index in [0.29, 0.717) is 17.9 Å². The molecule has 96 valence electrons. The number of imidazole rings is 1. The van der Waals surface area contributed by atoms with Gasteiger partial charge in [-0.05, 0) is 0 Å². The van der Waals surface area contributed by atoms with E-state index < -0.39 is 27.7 Å². The molecule has 1 aliphatic rings. The van der Waals surface area contributed by atoms with Crippen molar-refractivity contribution in [2.45, 2.75) is 31.0 Å². The zero-order valence-corrected chi connectivity index (χ0v) is 9.69. The molecule has 1 N–H and O–H groups in total. The van der Waals surface area contributed by atoms with Crippen molar-refractivity contribution in [3.05, 3.63) is 11.4 Å². The topological polar surface area (TPSA) is 64.0 Å². The van der Waals surface area contributed by atoms with Gasteiger partial charge in [-0.15, -0.1) is 0 Å². The zero-order valence-electron chi connectivity index (χ0n) is 8.87. The van der Waals surface area contributed by atoms with Crippen LogP contribution < -0.4 is 5.32 Å². The van der Waals surface area contributed by atoms with Crippen molar-refractivity contribution in [3.8, 4) is 0 Å². The number of hydrogen-bond donors (Lipinski definition) is 1. The Labute approximate surface area is 95.6 Å². The first-order valence-corrected chi connectivity index (χ1v) is 6.63. The van der Waals surface area contributed by atoms with Crippen LogP contribution in [-0.4, -0.2) is 30.4 Å². The van der Waals surface area contributed by atoms with E-state index >= 15 is 0 Å². The number of hydrogen-bond acceptors (Lipinski definition) is 4. The van der Waals surface area contributed by atoms with Crippen LogP contribution in [-0.2, 0) is 29.5 Å². The summed E-state index contributed by atoms with van der Waals surface area (Å²) < 4.78 is 60.6. The van der Waals surface area contributed by atoms with Gasteiger partial charge >= 0.3 is 6.18 Å². The quantitative estimate of drug-likeness (QED) is 0.846. The van der Waals surface area contributed by atoms with E-state index in [1.54, 1.807) is 0 Å². The Morgan fingerprint density at radius 1 is 1.41 bits per heavy atom. The molecular formula is C8H10F3N3O2S. The van der Waals surface area contributed by atoms with Gasteiger partial charge in [0.1, 0.15) is 6.54 Å². The first-order chi connectivity index (χ1) is 7.68. The molecule has 0 aliphatic carbocycles. The number of halogens is 3. The van der Waals surface area contributed by atoms with E-state index in [0.717, 1.165) is 10.8 Å². The Bertz CT molecular complexity index is 547. The van der Waals surface area contributed by atoms with E-state index in [9.17, 15) is 21.6 Å². The van der Waals surface area contributed by atoms with Gasteiger partial charge in [0.2, 0.25) is 15.0 Å². The van der Waals surface area contributed by atoms with Crippen LogP contribution in [0.3, 0.4) is 0 Å². The Morgan fingerprint density at radius 3 is 2.59 bits per heavy atom. The van der Waals surface area contributed by atoms with E-state index in [1.165, 1.54) is 0 Å². The maximum absolute atomic E-state index is 12.4. The molecule has 0 fully saturated rings. The fraction of sp³-hybridized carbons (Fsp3) is 0.625. The van der Waals surface area contributed by atoms with Crippen LogP contribution in [0.15, 0.2) is 5.16 Å². The predicted octanol–water partition coefficient (Wildman–Crippen LogP) is 0.452. The van der Waals surface area contributed by atoms with Crippen molar-refractivity contribution in [1.29, 1.82) is 0 Å². The lowest BCUT2D eigenvalue weighted by molar-refractivity contribution is -0.142. The molecule has 1 aromatic rings. The highest BCUT2D eigenvalue weighted by Crippen LogP contribution is 2.25. The Balaban J connectivity index is 2.54. The molecule has 0 aromatic carbocycles. The van der Waals surface area contributed by atoms with Crippen molar-refractivity contribution in [2.75, 3.05) is 6.26 Å². The average molecular weight is 269 g/mol. The number of alkyl halides is 3. The molecule has 0 spiro atoms. The van der Waals surface area contributed by atoms with Crippen LogP contribution in [0.4, 0.5) is 13.2 Å². The van der Waals surface area contributed by atoms with Crippen molar-refractivity contribution in [2.24, 2.45) is 0 Å². The van der Waals surface area contributed by atoms with Gasteiger partial charge in [-0.2, -0.15) is 13.2 Å². The van der Waals surface area contributed by atoms with Crippen LogP contribution in [0, 0.1) is 0 Å². The highest BCUT2D eigenvalue weighted by atomic mass is 32.2. The maximum atomic E-state index is 12.4. The molecule has 5 nitrogen and oxygen atoms in total. The standard InChI is InChI=1S/C8H10F3N3O2S/c1-17(15,16)7-13-5-2-12-3-6(5)14(7)4-8(9,10)11/h12H,2-4H2,1H3. The fourth-order valence-electron chi connectivity index (χ4n) is 1.78. The van der Waals surface area contributed by atoms with E-state index in [2.05, 4.69) is 10.3 Å². The van der Waals surface area contributed by atoms with Crippen LogP contribution in [0.2, 0.25) is 0 Å². The summed E-state index contributed by atoms with van der Waals surface area (Å²) in [5.41, 5.74) is 0.664. The number of nitrogens with one attached hydrogen (secondary N) is 1. The van der Waals surface area contributed by atoms with E-state index in [-0.39, 0.29) is 6.54 Å². The predicted molar refractivity (Wildman–Crippen MR) is 51.9 cm³/mol. The summed E-state index contributed by atoms with van der Waals surface area (Å²) in [4.78, 5) is 3.76. The van der Waals surface area contributed by atoms with Crippen LogP contribution in [0.5, 0.6) is 0 Å². The molecule has 17 heavy (non-hydrogen) atoms. The van der Waals surface area contributed by atoms with Gasteiger partial charge in [-0.25, -0.2) is 13.4 Å². The van der Waals surface area contributed by atoms with Gasteiger partial charge in [0.25, 0.3) is 0 Å². The third kappa shape index (κ3) is 2.44. The smallest absolute Gasteiger partial charge is 0.308 e. The minimum absolute atomic E-state index is 0.202. The van der Waals surface area contributed by atoms with Crippen molar-refractivity contribution >= 4 is 9.84 Å². The second-order valence-electron chi connectivity index (χ2n) is 3.86. The van der Waals surface area contributed by atoms with Gasteiger partial charge in [0, 0.05) is 19.3 Å². The zero-order chi connectivity index (χ0) is 12.8. The highest BCUT2D eigenvalue weighted by Gasteiger charge is 2.34. The van der Waals surface area contributed by atoms with Gasteiger partial charge in [0.05, 0.1) is 11.4 Å². The minimum Gasteiger partial charge on any atom is -0.308 e. The van der Waals surface area contributed by atoms with E-state index in [1.807, 2.05) is 0 Å². The molecule has 0 amide bonds. The summed E-state index contributed by atoms with van der Waals surface area (Å²) >= 11 is 0. The second kappa shape index (κ2) is 3.70. The molecular weight excluding hydrogens is 259 g/mol. The number of sulfone groups is 1. The van der Waals surface area contributed by atoms with Crippen LogP contribution in [0.25, 0.3) is 0 Å². The average Bonchev–Trinajstić information content (AvgIpc) is 2.63. The summed E-state index contributed by atoms with van der Waals surface area (Å²) in [5.74, 6) is 0. The summed E-state index contributed by atoms with van der Waals surface area (Å²) in [5, 5.41) is 2.31. The first kappa shape index (κ1) is 12.4. The molecule has 1 aliphatic heterocycles. The van der Waals surface area contributed by atoms with Gasteiger partial charge in [-0.1, -0.05) is 0 Å². The molecule has 2 rings (SSSR count). The molecule has 0 unspecified atom stereocenters. The van der Waals surface area contributed by atoms with Crippen molar-refractivity contribution in [1.82, 2.24) is 14.9 Å². The second-order valence-corrected chi connectivity index (χ2v) is 5.77. The lowest BCUT2D eigenvalue weighted by Gasteiger charge is -2.12. The van der Waals surface area contributed by atoms with Crippen LogP contribution >= 0.6 is 0 Å². The number of aromatic nitrogens is 2. The highest BCUT2D eigenvalue weighted by molar-refractivity contribution is 7.90. The molecule has 0 radical (unpaired) electrons. The monoisotopic (exact) mass is 269 g/mol. The number of nitrogens with zero attached hydrogens (tertiary/aromatic N) is 2. The van der Waals surface area contributed by atoms with E-state index in [4.69, 9.17) is 0 Å². The van der Waals surface area contributed by atoms with Gasteiger partial charge in [-0.3, -0.25) is 0 Å². The minimum atomic E-state index is -4.48. The Morgan fingerprint density at radius 2 is 2.06 bits per heavy atom. The van der Waals surface area contributed by atoms with Gasteiger partial charge < -0.3 is 9.88 Å². The van der Waals surface area contributed by atoms with Crippen LogP contribution in [0.1, 0.15) is 11.4 Å². The molecule has 1 aromatic heterocycles. The SMILES string of the molecule is CS(=O)(=O)c1nc2c(n1CC(F)(F)F)CNC2.